The molecular weight excluding hydrogens is 434 g/mol. The average molecular weight is 456 g/mol. The minimum atomic E-state index is -4.20. The van der Waals surface area contributed by atoms with Gasteiger partial charge in [-0.2, -0.15) is 9.04 Å². The van der Waals surface area contributed by atoms with Gasteiger partial charge < -0.3 is 15.7 Å². The van der Waals surface area contributed by atoms with Gasteiger partial charge in [-0.1, -0.05) is 0 Å². The molecule has 30 heavy (non-hydrogen) atoms. The first kappa shape index (κ1) is 22.0. The quantitative estimate of drug-likeness (QED) is 0.498. The van der Waals surface area contributed by atoms with E-state index in [0.29, 0.717) is 16.2 Å². The van der Waals surface area contributed by atoms with Gasteiger partial charge in [0.2, 0.25) is 15.9 Å². The standard InChI is InChI=1S/C18H21N3O7S2/c1-18(2)16(17(19)22)21(11-12-29(18,24)25)30(26,27)15-5-3-13(4-6-15)28-14-7-9-20(23)10-8-14/h3-10,16H,11-12H2,1-2H3,(H2,19,22). The molecule has 12 heteroatoms. The molecule has 1 fully saturated rings. The van der Waals surface area contributed by atoms with Crippen molar-refractivity contribution in [1.29, 1.82) is 0 Å². The lowest BCUT2D eigenvalue weighted by Crippen LogP contribution is -2.66. The third kappa shape index (κ3) is 3.85. The van der Waals surface area contributed by atoms with Gasteiger partial charge in [-0.05, 0) is 38.1 Å². The number of carbonyl (C=O) groups excluding carboxylic acids is 1. The second kappa shape index (κ2) is 7.52. The lowest BCUT2D eigenvalue weighted by atomic mass is 10.0. The van der Waals surface area contributed by atoms with Crippen molar-refractivity contribution in [3.8, 4) is 11.5 Å². The van der Waals surface area contributed by atoms with E-state index in [1.54, 1.807) is 0 Å². The van der Waals surface area contributed by atoms with Crippen molar-refractivity contribution in [1.82, 2.24) is 4.31 Å². The normalized spacial score (nSPS) is 21.1. The third-order valence-electron chi connectivity index (χ3n) is 5.04. The number of sulfonamides is 1. The smallest absolute Gasteiger partial charge is 0.243 e. The number of amides is 1. The molecule has 1 aromatic heterocycles. The number of ether oxygens (including phenoxy) is 1. The molecule has 2 N–H and O–H groups in total. The Hall–Kier alpha value is -2.70. The molecule has 2 heterocycles. The van der Waals surface area contributed by atoms with Crippen molar-refractivity contribution >= 4 is 25.8 Å². The summed E-state index contributed by atoms with van der Waals surface area (Å²) in [6, 6.07) is 6.76. The van der Waals surface area contributed by atoms with E-state index in [1.165, 1.54) is 62.6 Å². The predicted molar refractivity (Wildman–Crippen MR) is 107 cm³/mol. The van der Waals surface area contributed by atoms with Gasteiger partial charge in [0.15, 0.2) is 22.2 Å². The van der Waals surface area contributed by atoms with E-state index in [0.717, 1.165) is 4.31 Å². The van der Waals surface area contributed by atoms with Crippen LogP contribution in [0.1, 0.15) is 13.8 Å². The zero-order valence-corrected chi connectivity index (χ0v) is 17.9. The number of pyridine rings is 1. The van der Waals surface area contributed by atoms with Crippen LogP contribution in [-0.2, 0) is 24.7 Å². The Morgan fingerprint density at radius 1 is 1.17 bits per heavy atom. The maximum atomic E-state index is 13.2. The summed E-state index contributed by atoms with van der Waals surface area (Å²) in [5.74, 6) is -0.746. The molecule has 2 aromatic rings. The first-order valence-corrected chi connectivity index (χ1v) is 12.0. The molecule has 1 amide bonds. The van der Waals surface area contributed by atoms with Crippen molar-refractivity contribution in [2.75, 3.05) is 12.3 Å². The predicted octanol–water partition coefficient (Wildman–Crippen LogP) is 0.164. The van der Waals surface area contributed by atoms with Crippen molar-refractivity contribution in [3.63, 3.8) is 0 Å². The van der Waals surface area contributed by atoms with Crippen LogP contribution in [0.15, 0.2) is 53.7 Å². The van der Waals surface area contributed by atoms with Gasteiger partial charge in [-0.3, -0.25) is 4.79 Å². The second-order valence-electron chi connectivity index (χ2n) is 7.31. The summed E-state index contributed by atoms with van der Waals surface area (Å²) in [6.45, 7) is 2.21. The highest BCUT2D eigenvalue weighted by Gasteiger charge is 2.54. The lowest BCUT2D eigenvalue weighted by molar-refractivity contribution is -0.605. The Morgan fingerprint density at radius 2 is 1.70 bits per heavy atom. The highest BCUT2D eigenvalue weighted by atomic mass is 32.2. The van der Waals surface area contributed by atoms with Crippen LogP contribution in [-0.4, -0.2) is 50.1 Å². The maximum Gasteiger partial charge on any atom is 0.243 e. The second-order valence-corrected chi connectivity index (χ2v) is 11.9. The summed E-state index contributed by atoms with van der Waals surface area (Å²) in [4.78, 5) is 11.9. The van der Waals surface area contributed by atoms with Gasteiger partial charge in [-0.25, -0.2) is 16.8 Å². The SMILES string of the molecule is CC1(C)C(C(N)=O)N(S(=O)(=O)c2ccc(Oc3cc[n+]([O-])cc3)cc2)CCS1(=O)=O. The Balaban J connectivity index is 1.90. The summed E-state index contributed by atoms with van der Waals surface area (Å²) in [7, 11) is -7.93. The molecule has 0 aliphatic carbocycles. The minimum absolute atomic E-state index is 0.137. The largest absolute Gasteiger partial charge is 0.619 e. The maximum absolute atomic E-state index is 13.2. The molecule has 3 rings (SSSR count). The van der Waals surface area contributed by atoms with Crippen LogP contribution in [0.4, 0.5) is 0 Å². The molecule has 0 bridgehead atoms. The van der Waals surface area contributed by atoms with Crippen LogP contribution in [0.2, 0.25) is 0 Å². The number of primary amides is 1. The Kier molecular flexibility index (Phi) is 5.52. The summed E-state index contributed by atoms with van der Waals surface area (Å²) in [5.41, 5.74) is 5.40. The van der Waals surface area contributed by atoms with Crippen molar-refractivity contribution in [2.45, 2.75) is 29.5 Å². The number of benzene rings is 1. The molecule has 0 saturated carbocycles. The Bertz CT molecular complexity index is 1160. The van der Waals surface area contributed by atoms with Crippen molar-refractivity contribution in [2.24, 2.45) is 5.73 Å². The molecule has 1 aromatic carbocycles. The average Bonchev–Trinajstić information content (AvgIpc) is 2.65. The van der Waals surface area contributed by atoms with Gasteiger partial charge in [0.25, 0.3) is 0 Å². The van der Waals surface area contributed by atoms with E-state index in [1.807, 2.05) is 0 Å². The first-order chi connectivity index (χ1) is 13.9. The van der Waals surface area contributed by atoms with Crippen LogP contribution in [0.5, 0.6) is 11.5 Å². The van der Waals surface area contributed by atoms with Gasteiger partial charge >= 0.3 is 0 Å². The van der Waals surface area contributed by atoms with Gasteiger partial charge in [0, 0.05) is 18.7 Å². The number of nitrogens with two attached hydrogens (primary N) is 1. The fraction of sp³-hybridized carbons (Fsp3) is 0.333. The highest BCUT2D eigenvalue weighted by molar-refractivity contribution is 7.93. The summed E-state index contributed by atoms with van der Waals surface area (Å²) < 4.78 is 56.4. The number of sulfone groups is 1. The van der Waals surface area contributed by atoms with Crippen LogP contribution in [0.3, 0.4) is 0 Å². The number of carbonyl (C=O) groups is 1. The monoisotopic (exact) mass is 455 g/mol. The Morgan fingerprint density at radius 3 is 2.23 bits per heavy atom. The van der Waals surface area contributed by atoms with E-state index < -0.39 is 42.3 Å². The van der Waals surface area contributed by atoms with E-state index in [9.17, 15) is 26.8 Å². The van der Waals surface area contributed by atoms with E-state index >= 15 is 0 Å². The van der Waals surface area contributed by atoms with Gasteiger partial charge in [-0.15, -0.1) is 0 Å². The topological polar surface area (TPSA) is 151 Å². The lowest BCUT2D eigenvalue weighted by Gasteiger charge is -2.42. The summed E-state index contributed by atoms with van der Waals surface area (Å²) >= 11 is 0. The molecule has 162 valence electrons. The number of rotatable bonds is 5. The number of hydrogen-bond acceptors (Lipinski definition) is 7. The van der Waals surface area contributed by atoms with E-state index in [-0.39, 0.29) is 11.4 Å². The van der Waals surface area contributed by atoms with E-state index in [4.69, 9.17) is 10.5 Å². The molecule has 10 nitrogen and oxygen atoms in total. The zero-order valence-electron chi connectivity index (χ0n) is 16.3. The molecule has 1 saturated heterocycles. The molecule has 1 aliphatic rings. The van der Waals surface area contributed by atoms with Gasteiger partial charge in [0.1, 0.15) is 17.5 Å². The molecule has 1 unspecified atom stereocenters. The van der Waals surface area contributed by atoms with Crippen molar-refractivity contribution in [3.05, 3.63) is 54.0 Å². The molecule has 1 atom stereocenters. The molecule has 0 spiro atoms. The van der Waals surface area contributed by atoms with E-state index in [2.05, 4.69) is 0 Å². The molecule has 0 radical (unpaired) electrons. The first-order valence-electron chi connectivity index (χ1n) is 8.86. The Labute approximate surface area is 174 Å². The summed E-state index contributed by atoms with van der Waals surface area (Å²) in [5, 5.41) is 11.1. The highest BCUT2D eigenvalue weighted by Crippen LogP contribution is 2.34. The van der Waals surface area contributed by atoms with Crippen molar-refractivity contribution < 1.29 is 31.1 Å². The fourth-order valence-corrected chi connectivity index (χ4v) is 6.74. The fourth-order valence-electron chi connectivity index (χ4n) is 3.28. The summed E-state index contributed by atoms with van der Waals surface area (Å²) in [6.07, 6.45) is 2.51. The van der Waals surface area contributed by atoms with Crippen LogP contribution in [0.25, 0.3) is 0 Å². The number of nitrogens with zero attached hydrogens (tertiary/aromatic N) is 2. The number of hydrogen-bond donors (Lipinski definition) is 1. The number of aromatic nitrogens is 1. The van der Waals surface area contributed by atoms with Crippen LogP contribution < -0.4 is 15.2 Å². The van der Waals surface area contributed by atoms with Gasteiger partial charge in [0.05, 0.1) is 15.4 Å². The third-order valence-corrected chi connectivity index (χ3v) is 9.46. The van der Waals surface area contributed by atoms with Crippen LogP contribution in [0, 0.1) is 5.21 Å². The minimum Gasteiger partial charge on any atom is -0.619 e. The zero-order chi connectivity index (χ0) is 22.3. The van der Waals surface area contributed by atoms with Crippen LogP contribution >= 0.6 is 0 Å². The molecule has 1 aliphatic heterocycles. The molecular formula is C18H21N3O7S2.